The molecule has 5 nitrogen and oxygen atoms in total. The molecule has 1 aliphatic heterocycles. The van der Waals surface area contributed by atoms with Crippen molar-refractivity contribution < 1.29 is 9.53 Å². The number of amides is 1. The van der Waals surface area contributed by atoms with Crippen LogP contribution < -0.4 is 5.32 Å². The largest absolute Gasteiger partial charge is 0.379 e. The van der Waals surface area contributed by atoms with Crippen molar-refractivity contribution in [2.75, 3.05) is 32.8 Å². The molecule has 3 rings (SSSR count). The second-order valence-corrected chi connectivity index (χ2v) is 7.04. The van der Waals surface area contributed by atoms with Crippen molar-refractivity contribution in [1.82, 2.24) is 15.2 Å². The Kier molecular flexibility index (Phi) is 5.96. The van der Waals surface area contributed by atoms with E-state index in [1.807, 2.05) is 30.5 Å². The molecule has 0 spiro atoms. The number of morpholine rings is 1. The summed E-state index contributed by atoms with van der Waals surface area (Å²) in [4.78, 5) is 19.2. The van der Waals surface area contributed by atoms with Gasteiger partial charge in [0, 0.05) is 25.0 Å². The minimum atomic E-state index is -0.0171. The van der Waals surface area contributed by atoms with Gasteiger partial charge in [-0.2, -0.15) is 0 Å². The van der Waals surface area contributed by atoms with E-state index < -0.39 is 0 Å². The number of hydrogen-bond donors (Lipinski definition) is 1. The van der Waals surface area contributed by atoms with Crippen LogP contribution in [0.1, 0.15) is 22.3 Å². The number of hydrogen-bond acceptors (Lipinski definition) is 5. The number of rotatable bonds is 6. The summed E-state index contributed by atoms with van der Waals surface area (Å²) in [6.07, 6.45) is 0.330. The van der Waals surface area contributed by atoms with Crippen molar-refractivity contribution in [3.8, 4) is 0 Å². The maximum Gasteiger partial charge on any atom is 0.226 e. The van der Waals surface area contributed by atoms with Crippen molar-refractivity contribution in [1.29, 1.82) is 0 Å². The first-order valence-corrected chi connectivity index (χ1v) is 9.14. The number of nitrogens with one attached hydrogen (secondary N) is 1. The molecule has 1 unspecified atom stereocenters. The number of aryl methyl sites for hydroxylation is 1. The van der Waals surface area contributed by atoms with Crippen LogP contribution in [0.25, 0.3) is 0 Å². The molecule has 2 heterocycles. The summed E-state index contributed by atoms with van der Waals surface area (Å²) in [5.74, 6) is 0.0161. The minimum Gasteiger partial charge on any atom is -0.379 e. The van der Waals surface area contributed by atoms with Gasteiger partial charge in [-0.1, -0.05) is 30.3 Å². The first-order chi connectivity index (χ1) is 11.7. The van der Waals surface area contributed by atoms with Gasteiger partial charge in [0.2, 0.25) is 5.91 Å². The lowest BCUT2D eigenvalue weighted by Crippen LogP contribution is -2.43. The van der Waals surface area contributed by atoms with E-state index >= 15 is 0 Å². The average molecular weight is 345 g/mol. The predicted molar refractivity (Wildman–Crippen MR) is 95.1 cm³/mol. The van der Waals surface area contributed by atoms with E-state index in [2.05, 4.69) is 27.3 Å². The van der Waals surface area contributed by atoms with Gasteiger partial charge >= 0.3 is 0 Å². The zero-order valence-electron chi connectivity index (χ0n) is 13.9. The van der Waals surface area contributed by atoms with Crippen LogP contribution in [-0.2, 0) is 16.0 Å². The molecule has 1 atom stereocenters. The Bertz CT molecular complexity index is 653. The molecular weight excluding hydrogens is 322 g/mol. The number of carbonyl (C=O) groups excluding carboxylic acids is 1. The predicted octanol–water partition coefficient (Wildman–Crippen LogP) is 2.18. The highest BCUT2D eigenvalue weighted by Crippen LogP contribution is 2.16. The van der Waals surface area contributed by atoms with Gasteiger partial charge in [0.15, 0.2) is 0 Å². The van der Waals surface area contributed by atoms with Crippen molar-refractivity contribution in [3.63, 3.8) is 0 Å². The quantitative estimate of drug-likeness (QED) is 0.872. The van der Waals surface area contributed by atoms with Crippen molar-refractivity contribution in [3.05, 3.63) is 52.0 Å². The van der Waals surface area contributed by atoms with Crippen molar-refractivity contribution in [2.45, 2.75) is 19.4 Å². The normalized spacial score (nSPS) is 16.7. The number of nitrogens with zero attached hydrogens (tertiary/aromatic N) is 2. The van der Waals surface area contributed by atoms with Crippen molar-refractivity contribution >= 4 is 17.2 Å². The molecule has 128 valence electrons. The van der Waals surface area contributed by atoms with Gasteiger partial charge in [-0.15, -0.1) is 11.3 Å². The first kappa shape index (κ1) is 17.1. The van der Waals surface area contributed by atoms with Gasteiger partial charge in [0.25, 0.3) is 0 Å². The van der Waals surface area contributed by atoms with E-state index in [1.165, 1.54) is 0 Å². The van der Waals surface area contributed by atoms with Gasteiger partial charge in [0.05, 0.1) is 36.4 Å². The maximum atomic E-state index is 12.5. The Morgan fingerprint density at radius 3 is 2.75 bits per heavy atom. The Morgan fingerprint density at radius 2 is 2.08 bits per heavy atom. The summed E-state index contributed by atoms with van der Waals surface area (Å²) in [6, 6.07) is 10.1. The Morgan fingerprint density at radius 1 is 1.33 bits per heavy atom. The molecule has 0 aliphatic carbocycles. The summed E-state index contributed by atoms with van der Waals surface area (Å²) >= 11 is 1.58. The van der Waals surface area contributed by atoms with E-state index in [0.717, 1.165) is 49.1 Å². The molecule has 1 fully saturated rings. The van der Waals surface area contributed by atoms with Crippen LogP contribution >= 0.6 is 11.3 Å². The van der Waals surface area contributed by atoms with Crippen molar-refractivity contribution in [2.24, 2.45) is 0 Å². The average Bonchev–Trinajstić information content (AvgIpc) is 3.01. The molecule has 0 bridgehead atoms. The molecular formula is C18H23N3O2S. The van der Waals surface area contributed by atoms with Crippen LogP contribution in [0.3, 0.4) is 0 Å². The van der Waals surface area contributed by atoms with E-state index in [1.54, 1.807) is 11.3 Å². The number of benzene rings is 1. The SMILES string of the molecule is Cc1nc(CC(=O)NC(CN2CCOCC2)c2ccccc2)cs1. The standard InChI is InChI=1S/C18H23N3O2S/c1-14-19-16(13-24-14)11-18(22)20-17(15-5-3-2-4-6-15)12-21-7-9-23-10-8-21/h2-6,13,17H,7-12H2,1H3,(H,20,22). The van der Waals surface area contributed by atoms with Crippen LogP contribution in [0, 0.1) is 6.92 Å². The Hall–Kier alpha value is -1.76. The number of carbonyl (C=O) groups is 1. The summed E-state index contributed by atoms with van der Waals surface area (Å²) < 4.78 is 5.41. The number of ether oxygens (including phenoxy) is 1. The van der Waals surface area contributed by atoms with Gasteiger partial charge in [-0.3, -0.25) is 9.69 Å². The third-order valence-corrected chi connectivity index (χ3v) is 4.91. The van der Waals surface area contributed by atoms with Gasteiger partial charge in [0.1, 0.15) is 0 Å². The number of aromatic nitrogens is 1. The monoisotopic (exact) mass is 345 g/mol. The second kappa shape index (κ2) is 8.37. The highest BCUT2D eigenvalue weighted by atomic mass is 32.1. The molecule has 1 saturated heterocycles. The molecule has 1 aromatic carbocycles. The fraction of sp³-hybridized carbons (Fsp3) is 0.444. The van der Waals surface area contributed by atoms with Gasteiger partial charge < -0.3 is 10.1 Å². The smallest absolute Gasteiger partial charge is 0.226 e. The highest BCUT2D eigenvalue weighted by molar-refractivity contribution is 7.09. The topological polar surface area (TPSA) is 54.5 Å². The molecule has 2 aromatic rings. The molecule has 1 amide bonds. The molecule has 24 heavy (non-hydrogen) atoms. The maximum absolute atomic E-state index is 12.5. The molecule has 1 aliphatic rings. The fourth-order valence-corrected chi connectivity index (χ4v) is 3.47. The molecule has 6 heteroatoms. The van der Waals surface area contributed by atoms with E-state index in [0.29, 0.717) is 6.42 Å². The van der Waals surface area contributed by atoms with Crippen LogP contribution in [0.5, 0.6) is 0 Å². The first-order valence-electron chi connectivity index (χ1n) is 8.26. The zero-order chi connectivity index (χ0) is 16.8. The van der Waals surface area contributed by atoms with Crippen LogP contribution in [0.15, 0.2) is 35.7 Å². The summed E-state index contributed by atoms with van der Waals surface area (Å²) in [5.41, 5.74) is 1.97. The van der Waals surface area contributed by atoms with Crippen LogP contribution in [0.2, 0.25) is 0 Å². The summed E-state index contributed by atoms with van der Waals surface area (Å²) in [7, 11) is 0. The zero-order valence-corrected chi connectivity index (χ0v) is 14.7. The third kappa shape index (κ3) is 4.87. The third-order valence-electron chi connectivity index (χ3n) is 4.09. The number of thiazole rings is 1. The lowest BCUT2D eigenvalue weighted by Gasteiger charge is -2.31. The summed E-state index contributed by atoms with van der Waals surface area (Å²) in [6.45, 7) is 6.09. The molecule has 1 aromatic heterocycles. The fourth-order valence-electron chi connectivity index (χ4n) is 2.86. The van der Waals surface area contributed by atoms with Gasteiger partial charge in [-0.25, -0.2) is 4.98 Å². The summed E-state index contributed by atoms with van der Waals surface area (Å²) in [5, 5.41) is 6.13. The van der Waals surface area contributed by atoms with E-state index in [9.17, 15) is 4.79 Å². The second-order valence-electron chi connectivity index (χ2n) is 5.98. The van der Waals surface area contributed by atoms with Crippen LogP contribution in [-0.4, -0.2) is 48.6 Å². The van der Waals surface area contributed by atoms with Gasteiger partial charge in [-0.05, 0) is 12.5 Å². The Labute approximate surface area is 146 Å². The molecule has 0 saturated carbocycles. The van der Waals surface area contributed by atoms with Crippen LogP contribution in [0.4, 0.5) is 0 Å². The van der Waals surface area contributed by atoms with E-state index in [4.69, 9.17) is 4.74 Å². The lowest BCUT2D eigenvalue weighted by molar-refractivity contribution is -0.121. The highest BCUT2D eigenvalue weighted by Gasteiger charge is 2.20. The molecule has 0 radical (unpaired) electrons. The molecule has 1 N–H and O–H groups in total. The lowest BCUT2D eigenvalue weighted by atomic mass is 10.1. The Balaban J connectivity index is 1.65. The van der Waals surface area contributed by atoms with E-state index in [-0.39, 0.29) is 11.9 Å². The minimum absolute atomic E-state index is 0.0161.